The molecule has 0 saturated carbocycles. The van der Waals surface area contributed by atoms with Gasteiger partial charge in [-0.05, 0) is 238 Å². The third kappa shape index (κ3) is 25.6. The van der Waals surface area contributed by atoms with Crippen LogP contribution in [0, 0.1) is 96.9 Å². The van der Waals surface area contributed by atoms with Crippen LogP contribution >= 0.6 is 0 Å². The Morgan fingerprint density at radius 1 is 0.244 bits per heavy atom. The molecular formula is C82H122. The fourth-order valence-electron chi connectivity index (χ4n) is 10.4. The van der Waals surface area contributed by atoms with Crippen molar-refractivity contribution in [2.24, 2.45) is 0 Å². The lowest BCUT2D eigenvalue weighted by atomic mass is 9.79. The van der Waals surface area contributed by atoms with Crippen molar-refractivity contribution in [1.29, 1.82) is 0 Å². The number of benzene rings is 7. The highest BCUT2D eigenvalue weighted by Gasteiger charge is 2.21. The van der Waals surface area contributed by atoms with Crippen LogP contribution in [0.3, 0.4) is 0 Å². The zero-order valence-corrected chi connectivity index (χ0v) is 59.0. The zero-order valence-electron chi connectivity index (χ0n) is 59.0. The van der Waals surface area contributed by atoms with Crippen LogP contribution in [0.1, 0.15) is 283 Å². The van der Waals surface area contributed by atoms with Crippen LogP contribution in [0.5, 0.6) is 0 Å². The molecule has 7 aromatic carbocycles. The summed E-state index contributed by atoms with van der Waals surface area (Å²) in [6.07, 6.45) is 0. The predicted octanol–water partition coefficient (Wildman–Crippen LogP) is 25.5. The quantitative estimate of drug-likeness (QED) is 0.156. The summed E-state index contributed by atoms with van der Waals surface area (Å²) in [5.74, 6) is 3.78. The summed E-state index contributed by atoms with van der Waals surface area (Å²) in [5, 5.41) is 0. The van der Waals surface area contributed by atoms with Crippen molar-refractivity contribution < 1.29 is 0 Å². The van der Waals surface area contributed by atoms with Crippen LogP contribution in [0.15, 0.2) is 121 Å². The van der Waals surface area contributed by atoms with E-state index in [9.17, 15) is 0 Å². The van der Waals surface area contributed by atoms with Crippen molar-refractivity contribution >= 4 is 0 Å². The van der Waals surface area contributed by atoms with Crippen LogP contribution in [0.4, 0.5) is 0 Å². The van der Waals surface area contributed by atoms with Crippen LogP contribution < -0.4 is 0 Å². The summed E-state index contributed by atoms with van der Waals surface area (Å²) in [7, 11) is 0. The minimum Gasteiger partial charge on any atom is -0.0622 e. The molecule has 82 heavy (non-hydrogen) atoms. The lowest BCUT2D eigenvalue weighted by Gasteiger charge is -2.26. The van der Waals surface area contributed by atoms with E-state index in [2.05, 4.69) is 325 Å². The molecule has 0 amide bonds. The average molecular weight is 1110 g/mol. The van der Waals surface area contributed by atoms with Crippen LogP contribution in [0.2, 0.25) is 0 Å². The van der Waals surface area contributed by atoms with Gasteiger partial charge in [0.05, 0.1) is 0 Å². The Morgan fingerprint density at radius 3 is 0.927 bits per heavy atom. The van der Waals surface area contributed by atoms with E-state index in [0.29, 0.717) is 35.5 Å². The van der Waals surface area contributed by atoms with Gasteiger partial charge in [-0.2, -0.15) is 0 Å². The Hall–Kier alpha value is -5.46. The normalized spacial score (nSPS) is 11.1. The monoisotopic (exact) mass is 1110 g/mol. The molecule has 0 bridgehead atoms. The van der Waals surface area contributed by atoms with Gasteiger partial charge >= 0.3 is 0 Å². The summed E-state index contributed by atoms with van der Waals surface area (Å²) in [5.41, 5.74) is 32.0. The summed E-state index contributed by atoms with van der Waals surface area (Å²) in [6, 6.07) is 44.2. The molecule has 0 aliphatic rings. The molecule has 0 radical (unpaired) electrons. The highest BCUT2D eigenvalue weighted by molar-refractivity contribution is 5.44. The lowest BCUT2D eigenvalue weighted by molar-refractivity contribution is 0.566. The van der Waals surface area contributed by atoms with Gasteiger partial charge in [-0.15, -0.1) is 0 Å². The molecule has 0 aromatic heterocycles. The van der Waals surface area contributed by atoms with Crippen molar-refractivity contribution in [2.45, 2.75) is 268 Å². The molecule has 0 unspecified atom stereocenters. The van der Waals surface area contributed by atoms with Gasteiger partial charge in [0.25, 0.3) is 0 Å². The molecule has 0 atom stereocenters. The lowest BCUT2D eigenvalue weighted by Crippen LogP contribution is -2.17. The van der Waals surface area contributed by atoms with E-state index in [1.807, 2.05) is 18.2 Å². The van der Waals surface area contributed by atoms with Gasteiger partial charge in [0.1, 0.15) is 0 Å². The zero-order chi connectivity index (χ0) is 63.3. The molecule has 0 nitrogen and oxygen atoms in total. The van der Waals surface area contributed by atoms with Crippen molar-refractivity contribution in [3.63, 3.8) is 0 Å². The summed E-state index contributed by atoms with van der Waals surface area (Å²) >= 11 is 0. The van der Waals surface area contributed by atoms with Gasteiger partial charge < -0.3 is 0 Å². The third-order valence-electron chi connectivity index (χ3n) is 15.9. The maximum absolute atomic E-state index is 2.40. The largest absolute Gasteiger partial charge is 0.0622 e. The molecule has 7 rings (SSSR count). The minimum atomic E-state index is 0.241. The summed E-state index contributed by atoms with van der Waals surface area (Å²) in [4.78, 5) is 0. The van der Waals surface area contributed by atoms with Gasteiger partial charge in [0.2, 0.25) is 0 Å². The summed E-state index contributed by atoms with van der Waals surface area (Å²) < 4.78 is 0. The van der Waals surface area contributed by atoms with Gasteiger partial charge in [-0.1, -0.05) is 274 Å². The second-order valence-corrected chi connectivity index (χ2v) is 28.0. The van der Waals surface area contributed by atoms with E-state index < -0.39 is 0 Å². The Kier molecular flexibility index (Phi) is 31.2. The first-order chi connectivity index (χ1) is 37.7. The first-order valence-electron chi connectivity index (χ1n) is 31.2. The molecule has 0 N–H and O–H groups in total. The molecule has 0 aliphatic carbocycles. The fraction of sp³-hybridized carbons (Fsp3) is 0.488. The van der Waals surface area contributed by atoms with Gasteiger partial charge in [0, 0.05) is 0 Å². The maximum Gasteiger partial charge on any atom is -0.0129 e. The van der Waals surface area contributed by atoms with E-state index >= 15 is 0 Å². The Bertz CT molecular complexity index is 2920. The third-order valence-corrected chi connectivity index (χ3v) is 15.9. The van der Waals surface area contributed by atoms with E-state index in [1.165, 1.54) is 122 Å². The Balaban J connectivity index is 0.000000485. The average Bonchev–Trinajstić information content (AvgIpc) is 3.56. The molecule has 0 aliphatic heterocycles. The second-order valence-electron chi connectivity index (χ2n) is 28.0. The highest BCUT2D eigenvalue weighted by Crippen LogP contribution is 2.33. The van der Waals surface area contributed by atoms with E-state index in [-0.39, 0.29) is 10.8 Å². The first kappa shape index (κ1) is 74.6. The van der Waals surface area contributed by atoms with Crippen LogP contribution in [0.25, 0.3) is 0 Å². The van der Waals surface area contributed by atoms with Gasteiger partial charge in [-0.25, -0.2) is 0 Å². The van der Waals surface area contributed by atoms with Crippen molar-refractivity contribution in [3.05, 3.63) is 244 Å². The number of rotatable bonds is 6. The van der Waals surface area contributed by atoms with E-state index in [0.717, 1.165) is 0 Å². The standard InChI is InChI=1S/C16H26.C15H24.C14H22.C11H16.C10H14.C9H12.C7H8/c1-10(2)14-8-15(11(3)4)13(7)16(9-14)12(5)6;1-11-8-9-12(14(2,3)4)10-13(11)15(5,6)7;1-9(2)13-7-11(5)8-14(10(3)4)12(13)6;1-8(2)11-7-9(3)5-6-10(11)4;1-7-5-8(2)10(4)9(3)6-7;1-7-4-5-8(2)9(3)6-7;1-7-5-3-2-4-6-7/h8-12H,1-7H3;8-10H,1-7H3;7-10H,1-6H3;5-8H,1-4H3;5-6H,1-4H3;4-6H,1-3H3;2-6H,1H3. The topological polar surface area (TPSA) is 0 Å². The van der Waals surface area contributed by atoms with Crippen molar-refractivity contribution in [2.75, 3.05) is 0 Å². The van der Waals surface area contributed by atoms with Crippen LogP contribution in [-0.4, -0.2) is 0 Å². The molecule has 7 aromatic rings. The smallest absolute Gasteiger partial charge is 0.0129 e. The van der Waals surface area contributed by atoms with Gasteiger partial charge in [0.15, 0.2) is 0 Å². The molecular weight excluding hydrogens is 985 g/mol. The van der Waals surface area contributed by atoms with Gasteiger partial charge in [-0.3, -0.25) is 0 Å². The first-order valence-corrected chi connectivity index (χ1v) is 31.2. The molecule has 0 heterocycles. The minimum absolute atomic E-state index is 0.241. The predicted molar refractivity (Wildman–Crippen MR) is 373 cm³/mol. The number of hydrogen-bond donors (Lipinski definition) is 0. The summed E-state index contributed by atoms with van der Waals surface area (Å²) in [6.45, 7) is 71.3. The maximum atomic E-state index is 2.40. The molecule has 0 heteroatoms. The van der Waals surface area contributed by atoms with E-state index in [4.69, 9.17) is 0 Å². The molecule has 450 valence electrons. The van der Waals surface area contributed by atoms with E-state index in [1.54, 1.807) is 0 Å². The second kappa shape index (κ2) is 34.3. The Labute approximate surface area is 508 Å². The fourth-order valence-corrected chi connectivity index (χ4v) is 10.4. The Morgan fingerprint density at radius 2 is 0.598 bits per heavy atom. The number of aryl methyl sites for hydroxylation is 11. The molecule has 0 spiro atoms. The van der Waals surface area contributed by atoms with Crippen molar-refractivity contribution in [3.8, 4) is 0 Å². The number of hydrogen-bond acceptors (Lipinski definition) is 0. The molecule has 0 fully saturated rings. The van der Waals surface area contributed by atoms with Crippen molar-refractivity contribution in [1.82, 2.24) is 0 Å². The highest BCUT2D eigenvalue weighted by atomic mass is 14.3. The molecule has 0 saturated heterocycles. The van der Waals surface area contributed by atoms with Crippen LogP contribution in [-0.2, 0) is 10.8 Å². The SMILES string of the molecule is Cc1c(C(C)C)cc(C(C)C)cc1C(C)C.Cc1cc(C(C)C)c(C)c(C(C)C)c1.Cc1cc(C)c(C)c(C)c1.Cc1ccc(C(C)(C)C)cc1C(C)(C)C.Cc1ccc(C)c(C(C)C)c1.Cc1ccc(C)c(C)c1.Cc1ccccc1.